The summed E-state index contributed by atoms with van der Waals surface area (Å²) in [7, 11) is 1.57. The smallest absolute Gasteiger partial charge is 0.410 e. The minimum atomic E-state index is -0.280. The summed E-state index contributed by atoms with van der Waals surface area (Å²) in [5, 5.41) is 3.30. The van der Waals surface area contributed by atoms with E-state index in [0.29, 0.717) is 43.4 Å². The second kappa shape index (κ2) is 11.9. The third-order valence-corrected chi connectivity index (χ3v) is 5.86. The minimum absolute atomic E-state index is 0.0797. The van der Waals surface area contributed by atoms with Gasteiger partial charge >= 0.3 is 6.09 Å². The molecule has 2 aromatic rings. The molecule has 3 heterocycles. The van der Waals surface area contributed by atoms with Gasteiger partial charge in [-0.1, -0.05) is 0 Å². The van der Waals surface area contributed by atoms with Crippen molar-refractivity contribution in [2.45, 2.75) is 52.2 Å². The summed E-state index contributed by atoms with van der Waals surface area (Å²) >= 11 is 1.80. The summed E-state index contributed by atoms with van der Waals surface area (Å²) in [5.41, 5.74) is 2.80. The lowest BCUT2D eigenvalue weighted by atomic mass is 10.1. The van der Waals surface area contributed by atoms with E-state index in [1.807, 2.05) is 32.9 Å². The predicted octanol–water partition coefficient (Wildman–Crippen LogP) is 4.23. The first-order valence-electron chi connectivity index (χ1n) is 11.1. The summed E-state index contributed by atoms with van der Waals surface area (Å²) in [6, 6.07) is 4.03. The van der Waals surface area contributed by atoms with E-state index in [1.165, 1.54) is 6.33 Å². The lowest BCUT2D eigenvalue weighted by molar-refractivity contribution is 0.0500. The fourth-order valence-corrected chi connectivity index (χ4v) is 3.94. The highest BCUT2D eigenvalue weighted by Gasteiger charge is 2.27. The number of hydrogen-bond acceptors (Lipinski definition) is 9. The molecular weight excluding hydrogens is 442 g/mol. The number of ether oxygens (including phenoxy) is 3. The van der Waals surface area contributed by atoms with E-state index in [4.69, 9.17) is 14.2 Å². The first kappa shape index (κ1) is 24.9. The van der Waals surface area contributed by atoms with Crippen molar-refractivity contribution in [3.05, 3.63) is 29.8 Å². The van der Waals surface area contributed by atoms with E-state index in [2.05, 4.69) is 26.5 Å². The van der Waals surface area contributed by atoms with Gasteiger partial charge in [0.05, 0.1) is 24.6 Å². The molecule has 0 aromatic carbocycles. The van der Waals surface area contributed by atoms with Crippen molar-refractivity contribution in [2.24, 2.45) is 0 Å². The molecule has 1 saturated heterocycles. The molecule has 33 heavy (non-hydrogen) atoms. The second-order valence-corrected chi connectivity index (χ2v) is 9.09. The van der Waals surface area contributed by atoms with E-state index in [9.17, 15) is 4.79 Å². The molecule has 1 amide bonds. The molecule has 0 atom stereocenters. The van der Waals surface area contributed by atoms with Crippen molar-refractivity contribution in [1.82, 2.24) is 19.9 Å². The fraction of sp³-hybridized carbons (Fsp3) is 0.565. The van der Waals surface area contributed by atoms with Crippen molar-refractivity contribution in [1.29, 1.82) is 0 Å². The first-order valence-corrected chi connectivity index (χ1v) is 12.5. The summed E-state index contributed by atoms with van der Waals surface area (Å²) in [6.45, 7) is 6.80. The van der Waals surface area contributed by atoms with E-state index in [0.717, 1.165) is 29.2 Å². The summed E-state index contributed by atoms with van der Waals surface area (Å²) in [4.78, 5) is 27.1. The molecule has 9 nitrogen and oxygen atoms in total. The maximum absolute atomic E-state index is 12.1. The Morgan fingerprint density at radius 3 is 2.67 bits per heavy atom. The van der Waals surface area contributed by atoms with Gasteiger partial charge in [-0.2, -0.15) is 16.7 Å². The van der Waals surface area contributed by atoms with E-state index in [1.54, 1.807) is 23.8 Å². The highest BCUT2D eigenvalue weighted by atomic mass is 32.2. The Bertz CT molecular complexity index is 935. The molecule has 10 heteroatoms. The molecule has 0 radical (unpaired) electrons. The molecular formula is C23H33N5O4S. The van der Waals surface area contributed by atoms with Crippen LogP contribution in [0.3, 0.4) is 0 Å². The molecule has 0 aliphatic carbocycles. The summed E-state index contributed by atoms with van der Waals surface area (Å²) < 4.78 is 17.0. The molecule has 0 unspecified atom stereocenters. The van der Waals surface area contributed by atoms with E-state index >= 15 is 0 Å². The van der Waals surface area contributed by atoms with Gasteiger partial charge in [0.1, 0.15) is 12.4 Å². The maximum Gasteiger partial charge on any atom is 0.410 e. The van der Waals surface area contributed by atoms with Crippen LogP contribution in [0.4, 0.5) is 16.3 Å². The summed E-state index contributed by atoms with van der Waals surface area (Å²) in [6.07, 6.45) is 5.35. The zero-order valence-corrected chi connectivity index (χ0v) is 20.8. The van der Waals surface area contributed by atoms with Crippen LogP contribution in [0.1, 0.15) is 38.1 Å². The van der Waals surface area contributed by atoms with Crippen LogP contribution in [0.5, 0.6) is 11.6 Å². The van der Waals surface area contributed by atoms with Crippen LogP contribution in [0.15, 0.2) is 18.5 Å². The van der Waals surface area contributed by atoms with Crippen LogP contribution in [0.25, 0.3) is 0 Å². The quantitative estimate of drug-likeness (QED) is 0.571. The highest BCUT2D eigenvalue weighted by molar-refractivity contribution is 7.98. The number of nitrogens with one attached hydrogen (secondary N) is 1. The molecule has 0 spiro atoms. The number of anilines is 2. The maximum atomic E-state index is 12.1. The van der Waals surface area contributed by atoms with Crippen molar-refractivity contribution in [2.75, 3.05) is 37.5 Å². The number of piperidine rings is 1. The van der Waals surface area contributed by atoms with Gasteiger partial charge in [0, 0.05) is 31.6 Å². The van der Waals surface area contributed by atoms with Crippen molar-refractivity contribution in [3.63, 3.8) is 0 Å². The van der Waals surface area contributed by atoms with Crippen molar-refractivity contribution < 1.29 is 19.0 Å². The topological polar surface area (TPSA) is 98.7 Å². The van der Waals surface area contributed by atoms with Crippen LogP contribution >= 0.6 is 11.8 Å². The van der Waals surface area contributed by atoms with Crippen LogP contribution in [-0.4, -0.2) is 70.4 Å². The van der Waals surface area contributed by atoms with Gasteiger partial charge in [-0.25, -0.2) is 9.78 Å². The second-order valence-electron chi connectivity index (χ2n) is 8.10. The standard InChI is InChI=1S/C23H33N5O4S/c1-15(2)31-23(29)28-11-8-18(9-12-28)32-22-20(30-4)21(24-14-25-22)27-19-7-6-17(10-13-33-5)26-16(19)3/h6-7,14-15,18H,8-13H2,1-5H3,(H,24,25,27). The van der Waals surface area contributed by atoms with Crippen LogP contribution in [-0.2, 0) is 11.2 Å². The zero-order valence-electron chi connectivity index (χ0n) is 20.0. The molecule has 1 aliphatic heterocycles. The van der Waals surface area contributed by atoms with Gasteiger partial charge in [0.2, 0.25) is 5.75 Å². The number of aryl methyl sites for hydroxylation is 2. The van der Waals surface area contributed by atoms with E-state index in [-0.39, 0.29) is 18.3 Å². The SMILES string of the molecule is COc1c(Nc2ccc(CCSC)nc2C)ncnc1OC1CCN(C(=O)OC(C)C)CC1. The Morgan fingerprint density at radius 1 is 1.27 bits per heavy atom. The minimum Gasteiger partial charge on any atom is -0.489 e. The molecule has 0 saturated carbocycles. The Morgan fingerprint density at radius 2 is 2.03 bits per heavy atom. The lowest BCUT2D eigenvalue weighted by Gasteiger charge is -2.31. The average Bonchev–Trinajstić information content (AvgIpc) is 2.79. The van der Waals surface area contributed by atoms with Crippen LogP contribution < -0.4 is 14.8 Å². The zero-order chi connectivity index (χ0) is 23.8. The number of pyridine rings is 1. The Hall–Kier alpha value is -2.75. The predicted molar refractivity (Wildman–Crippen MR) is 130 cm³/mol. The highest BCUT2D eigenvalue weighted by Crippen LogP contribution is 2.35. The number of nitrogens with zero attached hydrogens (tertiary/aromatic N) is 4. The fourth-order valence-electron chi connectivity index (χ4n) is 3.52. The van der Waals surface area contributed by atoms with Gasteiger partial charge in [-0.05, 0) is 51.3 Å². The molecule has 1 fully saturated rings. The lowest BCUT2D eigenvalue weighted by Crippen LogP contribution is -2.42. The molecule has 1 N–H and O–H groups in total. The number of amides is 1. The molecule has 0 bridgehead atoms. The molecule has 2 aromatic heterocycles. The number of likely N-dealkylation sites (tertiary alicyclic amines) is 1. The molecule has 1 aliphatic rings. The van der Waals surface area contributed by atoms with E-state index < -0.39 is 0 Å². The Balaban J connectivity index is 1.66. The Labute approximate surface area is 199 Å². The van der Waals surface area contributed by atoms with Gasteiger partial charge in [-0.15, -0.1) is 0 Å². The van der Waals surface area contributed by atoms with Gasteiger partial charge in [0.15, 0.2) is 5.82 Å². The third kappa shape index (κ3) is 6.86. The van der Waals surface area contributed by atoms with Crippen LogP contribution in [0.2, 0.25) is 0 Å². The normalized spacial score (nSPS) is 14.3. The van der Waals surface area contributed by atoms with Gasteiger partial charge < -0.3 is 24.4 Å². The number of methoxy groups -OCH3 is 1. The average molecular weight is 476 g/mol. The number of thioether (sulfide) groups is 1. The number of hydrogen-bond donors (Lipinski definition) is 1. The largest absolute Gasteiger partial charge is 0.489 e. The van der Waals surface area contributed by atoms with Crippen LogP contribution in [0, 0.1) is 6.92 Å². The monoisotopic (exact) mass is 475 g/mol. The number of carbonyl (C=O) groups is 1. The van der Waals surface area contributed by atoms with Gasteiger partial charge in [-0.3, -0.25) is 4.98 Å². The Kier molecular flexibility index (Phi) is 8.99. The van der Waals surface area contributed by atoms with Crippen molar-refractivity contribution in [3.8, 4) is 11.6 Å². The van der Waals surface area contributed by atoms with Crippen molar-refractivity contribution >= 4 is 29.4 Å². The number of aromatic nitrogens is 3. The molecule has 180 valence electrons. The third-order valence-electron chi connectivity index (χ3n) is 5.25. The molecule has 3 rings (SSSR count). The van der Waals surface area contributed by atoms with Gasteiger partial charge in [0.25, 0.3) is 5.88 Å². The first-order chi connectivity index (χ1) is 15.9. The summed E-state index contributed by atoms with van der Waals surface area (Å²) in [5.74, 6) is 2.37. The number of carbonyl (C=O) groups excluding carboxylic acids is 1. The number of rotatable bonds is 9.